The minimum absolute atomic E-state index is 0.0192. The van der Waals surface area contributed by atoms with Crippen LogP contribution in [0.3, 0.4) is 0 Å². The van der Waals surface area contributed by atoms with Gasteiger partial charge in [0.2, 0.25) is 5.91 Å². The summed E-state index contributed by atoms with van der Waals surface area (Å²) < 4.78 is 11.0. The van der Waals surface area contributed by atoms with E-state index in [1.165, 1.54) is 0 Å². The molecule has 0 saturated carbocycles. The van der Waals surface area contributed by atoms with Gasteiger partial charge in [-0.3, -0.25) is 4.79 Å². The minimum Gasteiger partial charge on any atom is -0.497 e. The van der Waals surface area contributed by atoms with Gasteiger partial charge in [-0.2, -0.15) is 0 Å². The molecule has 3 amide bonds. The first kappa shape index (κ1) is 19.1. The molecule has 1 spiro atoms. The van der Waals surface area contributed by atoms with Gasteiger partial charge in [-0.15, -0.1) is 0 Å². The summed E-state index contributed by atoms with van der Waals surface area (Å²) in [6, 6.07) is 12.8. The van der Waals surface area contributed by atoms with E-state index in [0.717, 1.165) is 11.3 Å². The van der Waals surface area contributed by atoms with Gasteiger partial charge in [0, 0.05) is 25.8 Å². The van der Waals surface area contributed by atoms with Crippen molar-refractivity contribution in [3.8, 4) is 11.5 Å². The summed E-state index contributed by atoms with van der Waals surface area (Å²) in [5.74, 6) is 1.36. The Morgan fingerprint density at radius 1 is 1.24 bits per heavy atom. The molecule has 2 aliphatic rings. The van der Waals surface area contributed by atoms with Crippen molar-refractivity contribution in [2.75, 3.05) is 44.1 Å². The van der Waals surface area contributed by atoms with Crippen LogP contribution in [0, 0.1) is 0 Å². The smallest absolute Gasteiger partial charge is 0.321 e. The van der Waals surface area contributed by atoms with Crippen LogP contribution in [0.15, 0.2) is 42.5 Å². The summed E-state index contributed by atoms with van der Waals surface area (Å²) in [4.78, 5) is 29.5. The molecule has 1 saturated heterocycles. The fourth-order valence-electron chi connectivity index (χ4n) is 4.29. The number of likely N-dealkylation sites (N-methyl/N-ethyl adjacent to an activating group) is 1. The molecule has 0 aliphatic carbocycles. The van der Waals surface area contributed by atoms with E-state index in [-0.39, 0.29) is 11.9 Å². The van der Waals surface area contributed by atoms with E-state index >= 15 is 0 Å². The number of methoxy groups -OCH3 is 1. The third-order valence-electron chi connectivity index (χ3n) is 5.78. The fourth-order valence-corrected chi connectivity index (χ4v) is 4.29. The first-order valence-corrected chi connectivity index (χ1v) is 9.74. The van der Waals surface area contributed by atoms with Crippen LogP contribution in [0.4, 0.5) is 16.2 Å². The van der Waals surface area contributed by atoms with Gasteiger partial charge in [-0.25, -0.2) is 4.79 Å². The van der Waals surface area contributed by atoms with Gasteiger partial charge in [0.25, 0.3) is 0 Å². The van der Waals surface area contributed by atoms with Crippen molar-refractivity contribution in [3.05, 3.63) is 48.0 Å². The van der Waals surface area contributed by atoms with Crippen LogP contribution in [0.1, 0.15) is 18.9 Å². The number of carbonyl (C=O) groups excluding carboxylic acids is 2. The van der Waals surface area contributed by atoms with E-state index in [2.05, 4.69) is 5.32 Å². The third-order valence-corrected chi connectivity index (χ3v) is 5.78. The molecular formula is C22H25N3O4. The summed E-state index contributed by atoms with van der Waals surface area (Å²) >= 11 is 0. The fraction of sp³-hybridized carbons (Fsp3) is 0.364. The van der Waals surface area contributed by atoms with Gasteiger partial charge in [-0.05, 0) is 49.2 Å². The van der Waals surface area contributed by atoms with Crippen molar-refractivity contribution < 1.29 is 19.1 Å². The van der Waals surface area contributed by atoms with Crippen LogP contribution >= 0.6 is 0 Å². The van der Waals surface area contributed by atoms with Crippen molar-refractivity contribution in [1.82, 2.24) is 4.90 Å². The number of ether oxygens (including phenoxy) is 2. The highest BCUT2D eigenvalue weighted by atomic mass is 16.5. The van der Waals surface area contributed by atoms with E-state index < -0.39 is 5.41 Å². The van der Waals surface area contributed by atoms with Gasteiger partial charge >= 0.3 is 6.03 Å². The second kappa shape index (κ2) is 7.31. The van der Waals surface area contributed by atoms with Crippen LogP contribution in [-0.4, -0.2) is 50.7 Å². The van der Waals surface area contributed by atoms with Crippen LogP contribution in [-0.2, 0) is 10.2 Å². The second-order valence-corrected chi connectivity index (χ2v) is 7.36. The van der Waals surface area contributed by atoms with Gasteiger partial charge < -0.3 is 24.6 Å². The SMILES string of the molecule is CCOc1ccccc1NC(=O)N1CCC2(C1)C(=O)N(C)c1ccc(OC)cc12. The molecule has 4 rings (SSSR count). The molecule has 2 aromatic rings. The molecule has 2 aliphatic heterocycles. The zero-order chi connectivity index (χ0) is 20.6. The number of rotatable bonds is 4. The molecule has 0 aromatic heterocycles. The zero-order valence-electron chi connectivity index (χ0n) is 16.9. The normalized spacial score (nSPS) is 20.2. The molecule has 2 aromatic carbocycles. The number of anilines is 2. The maximum atomic E-state index is 13.2. The molecule has 29 heavy (non-hydrogen) atoms. The van der Waals surface area contributed by atoms with Crippen LogP contribution in [0.2, 0.25) is 0 Å². The number of benzene rings is 2. The number of fused-ring (bicyclic) bond motifs is 2. The molecule has 2 heterocycles. The number of nitrogens with one attached hydrogen (secondary N) is 1. The number of nitrogens with zero attached hydrogens (tertiary/aromatic N) is 2. The van der Waals surface area contributed by atoms with Gasteiger partial charge in [0.15, 0.2) is 0 Å². The Labute approximate surface area is 170 Å². The first-order chi connectivity index (χ1) is 14.0. The van der Waals surface area contributed by atoms with Crippen LogP contribution < -0.4 is 19.7 Å². The molecule has 0 bridgehead atoms. The lowest BCUT2D eigenvalue weighted by molar-refractivity contribution is -0.122. The predicted molar refractivity (Wildman–Crippen MR) is 111 cm³/mol. The summed E-state index contributed by atoms with van der Waals surface area (Å²) in [6.45, 7) is 3.24. The van der Waals surface area contributed by atoms with Crippen molar-refractivity contribution in [1.29, 1.82) is 0 Å². The summed E-state index contributed by atoms with van der Waals surface area (Å²) in [7, 11) is 3.39. The Bertz CT molecular complexity index is 961. The first-order valence-electron chi connectivity index (χ1n) is 9.74. The predicted octanol–water partition coefficient (Wildman–Crippen LogP) is 3.25. The molecular weight excluding hydrogens is 370 g/mol. The lowest BCUT2D eigenvalue weighted by atomic mass is 9.81. The number of para-hydroxylation sites is 2. The van der Waals surface area contributed by atoms with Gasteiger partial charge in [-0.1, -0.05) is 12.1 Å². The van der Waals surface area contributed by atoms with Crippen molar-refractivity contribution in [3.63, 3.8) is 0 Å². The van der Waals surface area contributed by atoms with Gasteiger partial charge in [0.05, 0.1) is 24.8 Å². The standard InChI is InChI=1S/C22H25N3O4/c1-4-29-19-8-6-5-7-17(19)23-21(27)25-12-11-22(14-25)16-13-15(28-3)9-10-18(16)24(2)20(22)26/h5-10,13H,4,11-12,14H2,1-3H3,(H,23,27). The number of amides is 3. The number of urea groups is 1. The minimum atomic E-state index is -0.727. The van der Waals surface area contributed by atoms with E-state index in [9.17, 15) is 9.59 Å². The van der Waals surface area contributed by atoms with Crippen molar-refractivity contribution in [2.24, 2.45) is 0 Å². The quantitative estimate of drug-likeness (QED) is 0.863. The van der Waals surface area contributed by atoms with Crippen LogP contribution in [0.5, 0.6) is 11.5 Å². The Morgan fingerprint density at radius 3 is 2.79 bits per heavy atom. The molecule has 1 N–H and O–H groups in total. The van der Waals surface area contributed by atoms with E-state index in [1.807, 2.05) is 49.4 Å². The average Bonchev–Trinajstić information content (AvgIpc) is 3.27. The van der Waals surface area contributed by atoms with E-state index in [0.29, 0.717) is 43.3 Å². The van der Waals surface area contributed by atoms with Crippen molar-refractivity contribution >= 4 is 23.3 Å². The lowest BCUT2D eigenvalue weighted by Crippen LogP contribution is -2.43. The van der Waals surface area contributed by atoms with Crippen molar-refractivity contribution in [2.45, 2.75) is 18.8 Å². The molecule has 152 valence electrons. The maximum Gasteiger partial charge on any atom is 0.321 e. The number of hydrogen-bond acceptors (Lipinski definition) is 4. The van der Waals surface area contributed by atoms with Gasteiger partial charge in [0.1, 0.15) is 11.5 Å². The third kappa shape index (κ3) is 3.06. The Balaban J connectivity index is 1.58. The van der Waals surface area contributed by atoms with Crippen LogP contribution in [0.25, 0.3) is 0 Å². The molecule has 7 nitrogen and oxygen atoms in total. The number of likely N-dealkylation sites (tertiary alicyclic amines) is 1. The summed E-state index contributed by atoms with van der Waals surface area (Å²) in [6.07, 6.45) is 0.580. The summed E-state index contributed by atoms with van der Waals surface area (Å²) in [5.41, 5.74) is 1.70. The molecule has 1 atom stereocenters. The highest BCUT2D eigenvalue weighted by molar-refractivity contribution is 6.09. The number of carbonyl (C=O) groups is 2. The average molecular weight is 395 g/mol. The monoisotopic (exact) mass is 395 g/mol. The number of hydrogen-bond donors (Lipinski definition) is 1. The molecule has 1 unspecified atom stereocenters. The Morgan fingerprint density at radius 2 is 2.03 bits per heavy atom. The lowest BCUT2D eigenvalue weighted by Gasteiger charge is -2.24. The largest absolute Gasteiger partial charge is 0.497 e. The Kier molecular flexibility index (Phi) is 4.82. The highest BCUT2D eigenvalue weighted by Gasteiger charge is 2.54. The second-order valence-electron chi connectivity index (χ2n) is 7.36. The Hall–Kier alpha value is -3.22. The van der Waals surface area contributed by atoms with E-state index in [1.54, 1.807) is 24.0 Å². The maximum absolute atomic E-state index is 13.2. The summed E-state index contributed by atoms with van der Waals surface area (Å²) in [5, 5.41) is 2.93. The molecule has 1 fully saturated rings. The topological polar surface area (TPSA) is 71.1 Å². The van der Waals surface area contributed by atoms with E-state index in [4.69, 9.17) is 9.47 Å². The molecule has 7 heteroatoms. The highest BCUT2D eigenvalue weighted by Crippen LogP contribution is 2.48. The molecule has 0 radical (unpaired) electrons. The zero-order valence-corrected chi connectivity index (χ0v) is 16.9.